The van der Waals surface area contributed by atoms with Crippen molar-refractivity contribution in [2.75, 3.05) is 5.75 Å². The van der Waals surface area contributed by atoms with Crippen LogP contribution in [0.3, 0.4) is 0 Å². The molecule has 1 aromatic heterocycles. The summed E-state index contributed by atoms with van der Waals surface area (Å²) in [6.45, 7) is 0. The zero-order chi connectivity index (χ0) is 10.6. The number of carbonyl (C=O) groups is 1. The first-order chi connectivity index (χ1) is 6.59. The lowest BCUT2D eigenvalue weighted by atomic mass is 10.3. The number of hydrogen-bond acceptors (Lipinski definition) is 3. The number of aromatic nitrogens is 1. The van der Waals surface area contributed by atoms with Gasteiger partial charge < -0.3 is 5.11 Å². The Morgan fingerprint density at radius 2 is 2.29 bits per heavy atom. The van der Waals surface area contributed by atoms with Gasteiger partial charge in [0.1, 0.15) is 0 Å². The summed E-state index contributed by atoms with van der Waals surface area (Å²) >= 11 is 0.895. The Kier molecular flexibility index (Phi) is 3.82. The van der Waals surface area contributed by atoms with Crippen molar-refractivity contribution >= 4 is 17.7 Å². The smallest absolute Gasteiger partial charge is 0.337 e. The van der Waals surface area contributed by atoms with Crippen LogP contribution < -0.4 is 0 Å². The van der Waals surface area contributed by atoms with Crippen molar-refractivity contribution in [1.29, 1.82) is 0 Å². The molecule has 0 aromatic carbocycles. The molecule has 0 atom stereocenters. The van der Waals surface area contributed by atoms with E-state index in [9.17, 15) is 13.6 Å². The van der Waals surface area contributed by atoms with Crippen LogP contribution in [-0.2, 0) is 0 Å². The van der Waals surface area contributed by atoms with Crippen LogP contribution in [-0.4, -0.2) is 28.2 Å². The van der Waals surface area contributed by atoms with Crippen LogP contribution in [0.5, 0.6) is 0 Å². The van der Waals surface area contributed by atoms with Crippen LogP contribution in [0.1, 0.15) is 10.4 Å². The Balaban J connectivity index is 2.60. The number of hydrogen-bond donors (Lipinski definition) is 1. The van der Waals surface area contributed by atoms with E-state index in [-0.39, 0.29) is 11.3 Å². The van der Waals surface area contributed by atoms with E-state index in [1.165, 1.54) is 12.1 Å². The normalized spacial score (nSPS) is 10.5. The average molecular weight is 219 g/mol. The summed E-state index contributed by atoms with van der Waals surface area (Å²) < 4.78 is 23.6. The zero-order valence-corrected chi connectivity index (χ0v) is 7.80. The maximum absolute atomic E-state index is 11.8. The first-order valence-corrected chi connectivity index (χ1v) is 4.68. The maximum Gasteiger partial charge on any atom is 0.337 e. The molecule has 1 heterocycles. The molecule has 0 aliphatic heterocycles. The van der Waals surface area contributed by atoms with Gasteiger partial charge in [-0.15, -0.1) is 11.8 Å². The highest BCUT2D eigenvalue weighted by atomic mass is 32.2. The minimum Gasteiger partial charge on any atom is -0.478 e. The topological polar surface area (TPSA) is 50.2 Å². The second-order valence-corrected chi connectivity index (χ2v) is 3.43. The van der Waals surface area contributed by atoms with Crippen molar-refractivity contribution in [3.8, 4) is 0 Å². The molecule has 0 saturated carbocycles. The van der Waals surface area contributed by atoms with E-state index in [2.05, 4.69) is 4.98 Å². The average Bonchev–Trinajstić information content (AvgIpc) is 2.15. The van der Waals surface area contributed by atoms with Crippen LogP contribution in [0.2, 0.25) is 0 Å². The van der Waals surface area contributed by atoms with Gasteiger partial charge in [-0.1, -0.05) is 0 Å². The summed E-state index contributed by atoms with van der Waals surface area (Å²) in [6, 6.07) is 2.75. The Morgan fingerprint density at radius 3 is 2.71 bits per heavy atom. The number of aromatic carboxylic acids is 1. The molecule has 0 aliphatic carbocycles. The van der Waals surface area contributed by atoms with Crippen LogP contribution >= 0.6 is 11.8 Å². The van der Waals surface area contributed by atoms with Gasteiger partial charge in [0.25, 0.3) is 0 Å². The van der Waals surface area contributed by atoms with Gasteiger partial charge in [-0.2, -0.15) is 0 Å². The molecule has 0 unspecified atom stereocenters. The van der Waals surface area contributed by atoms with E-state index < -0.39 is 12.4 Å². The molecular formula is C8H7F2NO2S. The molecule has 0 spiro atoms. The quantitative estimate of drug-likeness (QED) is 0.788. The van der Waals surface area contributed by atoms with Gasteiger partial charge in [0.05, 0.1) is 16.3 Å². The molecule has 1 N–H and O–H groups in total. The molecule has 0 amide bonds. The molecule has 0 bridgehead atoms. The van der Waals surface area contributed by atoms with Crippen molar-refractivity contribution in [2.24, 2.45) is 0 Å². The summed E-state index contributed by atoms with van der Waals surface area (Å²) in [5.74, 6) is -1.41. The van der Waals surface area contributed by atoms with E-state index in [4.69, 9.17) is 5.11 Å². The third kappa shape index (κ3) is 3.29. The van der Waals surface area contributed by atoms with E-state index >= 15 is 0 Å². The number of alkyl halides is 2. The van der Waals surface area contributed by atoms with Gasteiger partial charge in [0.2, 0.25) is 6.43 Å². The molecule has 1 aromatic rings. The van der Waals surface area contributed by atoms with Crippen LogP contribution in [0.15, 0.2) is 23.4 Å². The summed E-state index contributed by atoms with van der Waals surface area (Å²) in [5, 5.41) is 8.93. The number of carboxylic acids is 1. The minimum atomic E-state index is -2.39. The summed E-state index contributed by atoms with van der Waals surface area (Å²) in [6.07, 6.45) is -1.24. The van der Waals surface area contributed by atoms with Crippen LogP contribution in [0.4, 0.5) is 8.78 Å². The highest BCUT2D eigenvalue weighted by Crippen LogP contribution is 2.17. The fraction of sp³-hybridized carbons (Fsp3) is 0.250. The highest BCUT2D eigenvalue weighted by molar-refractivity contribution is 7.99. The molecule has 0 aliphatic rings. The second kappa shape index (κ2) is 4.90. The summed E-state index contributed by atoms with van der Waals surface area (Å²) in [5.41, 5.74) is 0.0476. The van der Waals surface area contributed by atoms with Gasteiger partial charge in [-0.25, -0.2) is 18.6 Å². The number of carboxylic acid groups (broad SMARTS) is 1. The highest BCUT2D eigenvalue weighted by Gasteiger charge is 2.06. The molecule has 3 nitrogen and oxygen atoms in total. The predicted molar refractivity (Wildman–Crippen MR) is 47.9 cm³/mol. The Hall–Kier alpha value is -1.17. The molecule has 0 fully saturated rings. The third-order valence-electron chi connectivity index (χ3n) is 1.34. The molecule has 1 rings (SSSR count). The largest absolute Gasteiger partial charge is 0.478 e. The number of thioether (sulfide) groups is 1. The third-order valence-corrected chi connectivity index (χ3v) is 2.30. The molecule has 6 heteroatoms. The molecule has 14 heavy (non-hydrogen) atoms. The number of rotatable bonds is 4. The standard InChI is InChI=1S/C8H7F2NO2S/c9-6(10)4-14-7-2-1-5(3-11-7)8(12)13/h1-3,6H,4H2,(H,12,13). The fourth-order valence-electron chi connectivity index (χ4n) is 0.741. The Morgan fingerprint density at radius 1 is 1.57 bits per heavy atom. The van der Waals surface area contributed by atoms with E-state index in [1.54, 1.807) is 0 Å². The van der Waals surface area contributed by atoms with Gasteiger partial charge in [-0.05, 0) is 12.1 Å². The van der Waals surface area contributed by atoms with Crippen molar-refractivity contribution in [1.82, 2.24) is 4.98 Å². The van der Waals surface area contributed by atoms with Crippen molar-refractivity contribution < 1.29 is 18.7 Å². The fourth-order valence-corrected chi connectivity index (χ4v) is 1.33. The van der Waals surface area contributed by atoms with Gasteiger partial charge in [0.15, 0.2) is 0 Å². The summed E-state index contributed by atoms with van der Waals surface area (Å²) in [4.78, 5) is 14.1. The summed E-state index contributed by atoms with van der Waals surface area (Å²) in [7, 11) is 0. The molecule has 0 saturated heterocycles. The van der Waals surface area contributed by atoms with Crippen molar-refractivity contribution in [3.63, 3.8) is 0 Å². The number of pyridine rings is 1. The SMILES string of the molecule is O=C(O)c1ccc(SCC(F)F)nc1. The lowest BCUT2D eigenvalue weighted by Crippen LogP contribution is -1.98. The number of nitrogens with zero attached hydrogens (tertiary/aromatic N) is 1. The van der Waals surface area contributed by atoms with E-state index in [1.807, 2.05) is 0 Å². The van der Waals surface area contributed by atoms with Gasteiger partial charge in [-0.3, -0.25) is 0 Å². The predicted octanol–water partition coefficient (Wildman–Crippen LogP) is 2.14. The second-order valence-electron chi connectivity index (χ2n) is 2.39. The lowest BCUT2D eigenvalue weighted by Gasteiger charge is -1.99. The monoisotopic (exact) mass is 219 g/mol. The maximum atomic E-state index is 11.8. The Labute approximate surface area is 83.2 Å². The Bertz CT molecular complexity index is 316. The number of halogens is 2. The van der Waals surface area contributed by atoms with Gasteiger partial charge >= 0.3 is 5.97 Å². The first-order valence-electron chi connectivity index (χ1n) is 3.70. The lowest BCUT2D eigenvalue weighted by molar-refractivity contribution is 0.0696. The van der Waals surface area contributed by atoms with Gasteiger partial charge in [0, 0.05) is 6.20 Å². The molecule has 76 valence electrons. The molecule has 0 radical (unpaired) electrons. The van der Waals surface area contributed by atoms with E-state index in [0.717, 1.165) is 18.0 Å². The van der Waals surface area contributed by atoms with Crippen molar-refractivity contribution in [3.05, 3.63) is 23.9 Å². The van der Waals surface area contributed by atoms with E-state index in [0.29, 0.717) is 5.03 Å². The molecular weight excluding hydrogens is 212 g/mol. The first kappa shape index (κ1) is 10.9. The van der Waals surface area contributed by atoms with Crippen LogP contribution in [0.25, 0.3) is 0 Å². The van der Waals surface area contributed by atoms with Crippen LogP contribution in [0, 0.1) is 0 Å². The zero-order valence-electron chi connectivity index (χ0n) is 6.98. The van der Waals surface area contributed by atoms with Crippen molar-refractivity contribution in [2.45, 2.75) is 11.5 Å². The minimum absolute atomic E-state index is 0.0476.